The molecule has 1 fully saturated rings. The van der Waals surface area contributed by atoms with Crippen LogP contribution in [0, 0.1) is 0 Å². The number of benzene rings is 1. The van der Waals surface area contributed by atoms with E-state index in [1.165, 1.54) is 31.4 Å². The fourth-order valence-electron chi connectivity index (χ4n) is 2.65. The molecule has 0 aliphatic carbocycles. The summed E-state index contributed by atoms with van der Waals surface area (Å²) >= 11 is 0. The summed E-state index contributed by atoms with van der Waals surface area (Å²) in [4.78, 5) is 12.0. The van der Waals surface area contributed by atoms with Gasteiger partial charge in [-0.1, -0.05) is 12.1 Å². The van der Waals surface area contributed by atoms with Crippen molar-refractivity contribution >= 4 is 5.97 Å². The van der Waals surface area contributed by atoms with Gasteiger partial charge in [0, 0.05) is 5.57 Å². The lowest BCUT2D eigenvalue weighted by molar-refractivity contribution is -0.290. The van der Waals surface area contributed by atoms with E-state index in [0.717, 1.165) is 0 Å². The Kier molecular flexibility index (Phi) is 8.03. The molecule has 29 heavy (non-hydrogen) atoms. The molecule has 0 amide bonds. The Bertz CT molecular complexity index is 758. The minimum absolute atomic E-state index is 0.227. The number of carbonyl (C=O) groups is 1. The second-order valence-corrected chi connectivity index (χ2v) is 6.58. The zero-order valence-corrected chi connectivity index (χ0v) is 16.1. The van der Waals surface area contributed by atoms with Crippen molar-refractivity contribution in [1.29, 1.82) is 0 Å². The highest BCUT2D eigenvalue weighted by molar-refractivity contribution is 5.87. The lowest BCUT2D eigenvalue weighted by atomic mass is 9.99. The van der Waals surface area contributed by atoms with E-state index in [1.54, 1.807) is 19.1 Å². The minimum atomic E-state index is -1.50. The Morgan fingerprint density at radius 2 is 1.93 bits per heavy atom. The average molecular weight is 410 g/mol. The van der Waals surface area contributed by atoms with Gasteiger partial charge in [0.05, 0.1) is 12.9 Å². The molecule has 1 heterocycles. The summed E-state index contributed by atoms with van der Waals surface area (Å²) in [6, 6.07) is 4.36. The molecule has 1 aliphatic rings. The van der Waals surface area contributed by atoms with Gasteiger partial charge in [-0.2, -0.15) is 0 Å². The molecule has 9 nitrogen and oxygen atoms in total. The van der Waals surface area contributed by atoms with Crippen molar-refractivity contribution in [3.8, 4) is 11.5 Å². The van der Waals surface area contributed by atoms with Crippen LogP contribution in [0.25, 0.3) is 0 Å². The van der Waals surface area contributed by atoms with Gasteiger partial charge in [0.15, 0.2) is 23.7 Å². The van der Waals surface area contributed by atoms with Crippen LogP contribution in [-0.4, -0.2) is 68.8 Å². The predicted molar refractivity (Wildman–Crippen MR) is 101 cm³/mol. The van der Waals surface area contributed by atoms with Crippen LogP contribution in [0.1, 0.15) is 19.4 Å². The van der Waals surface area contributed by atoms with Crippen molar-refractivity contribution < 1.29 is 44.5 Å². The Morgan fingerprint density at radius 3 is 2.55 bits per heavy atom. The summed E-state index contributed by atoms with van der Waals surface area (Å²) < 4.78 is 15.9. The van der Waals surface area contributed by atoms with Crippen LogP contribution in [0.15, 0.2) is 42.2 Å². The summed E-state index contributed by atoms with van der Waals surface area (Å²) in [5.74, 6) is -1.19. The van der Waals surface area contributed by atoms with Crippen LogP contribution in [0.3, 0.4) is 0 Å². The third-order valence-corrected chi connectivity index (χ3v) is 4.52. The number of ether oxygens (including phenoxy) is 3. The lowest BCUT2D eigenvalue weighted by Crippen LogP contribution is -2.60. The highest BCUT2D eigenvalue weighted by Gasteiger charge is 2.47. The zero-order valence-electron chi connectivity index (χ0n) is 16.1. The highest BCUT2D eigenvalue weighted by atomic mass is 16.7. The first kappa shape index (κ1) is 22.7. The second-order valence-electron chi connectivity index (χ2n) is 6.58. The van der Waals surface area contributed by atoms with E-state index in [9.17, 15) is 30.3 Å². The quantitative estimate of drug-likeness (QED) is 0.188. The number of rotatable bonds is 7. The van der Waals surface area contributed by atoms with Crippen molar-refractivity contribution in [3.05, 3.63) is 47.7 Å². The monoisotopic (exact) mass is 410 g/mol. The van der Waals surface area contributed by atoms with Gasteiger partial charge < -0.3 is 39.7 Å². The molecule has 2 rings (SSSR count). The van der Waals surface area contributed by atoms with E-state index in [1.807, 2.05) is 0 Å². The smallest absolute Gasteiger partial charge is 0.333 e. The third-order valence-electron chi connectivity index (χ3n) is 4.52. The number of hydrogen-bond acceptors (Lipinski definition) is 9. The Hall–Kier alpha value is -2.59. The summed E-state index contributed by atoms with van der Waals surface area (Å²) in [7, 11) is 0. The maximum absolute atomic E-state index is 12.0. The first-order valence-electron chi connectivity index (χ1n) is 9.06. The topological polar surface area (TPSA) is 146 Å². The van der Waals surface area contributed by atoms with Crippen LogP contribution >= 0.6 is 0 Å². The van der Waals surface area contributed by atoms with E-state index in [-0.39, 0.29) is 11.5 Å². The van der Waals surface area contributed by atoms with Crippen molar-refractivity contribution in [2.75, 3.05) is 6.61 Å². The third kappa shape index (κ3) is 5.70. The van der Waals surface area contributed by atoms with Crippen molar-refractivity contribution in [3.63, 3.8) is 0 Å². The molecule has 0 saturated carbocycles. The second kappa shape index (κ2) is 10.3. The number of phenols is 2. The van der Waals surface area contributed by atoms with Crippen molar-refractivity contribution in [1.82, 2.24) is 0 Å². The van der Waals surface area contributed by atoms with E-state index in [2.05, 4.69) is 0 Å². The number of hydrogen-bond donors (Lipinski definition) is 5. The van der Waals surface area contributed by atoms with Gasteiger partial charge in [-0.3, -0.25) is 0 Å². The van der Waals surface area contributed by atoms with Gasteiger partial charge >= 0.3 is 5.97 Å². The van der Waals surface area contributed by atoms with Crippen LogP contribution in [0.4, 0.5) is 0 Å². The zero-order chi connectivity index (χ0) is 21.6. The Labute approximate surface area is 168 Å². The first-order chi connectivity index (χ1) is 13.8. The summed E-state index contributed by atoms with van der Waals surface area (Å²) in [6.45, 7) is 2.61. The van der Waals surface area contributed by atoms with Crippen LogP contribution in [-0.2, 0) is 25.4 Å². The molecule has 5 atom stereocenters. The highest BCUT2D eigenvalue weighted by Crippen LogP contribution is 2.26. The largest absolute Gasteiger partial charge is 0.504 e. The number of aliphatic hydroxyl groups excluding tert-OH is 3. The Morgan fingerprint density at radius 1 is 1.21 bits per heavy atom. The molecule has 1 aliphatic heterocycles. The molecule has 0 unspecified atom stereocenters. The number of allylic oxidation sites excluding steroid dienone is 2. The van der Waals surface area contributed by atoms with Crippen LogP contribution in [0.5, 0.6) is 11.5 Å². The molecule has 1 aromatic carbocycles. The van der Waals surface area contributed by atoms with Crippen LogP contribution < -0.4 is 0 Å². The van der Waals surface area contributed by atoms with E-state index >= 15 is 0 Å². The van der Waals surface area contributed by atoms with Gasteiger partial charge in [-0.05, 0) is 44.0 Å². The van der Waals surface area contributed by atoms with Gasteiger partial charge in [0.2, 0.25) is 6.29 Å². The standard InChI is InChI=1S/C20H26O9/c1-3-11(2)19(26)29-18-16(24)15(10-21)28-20(17(18)25)27-8-4-5-12-6-7-13(22)14(23)9-12/h3-4,6-9,15-18,20-25H,5,10H2,1-2H3/b8-4-,11-3+/t15-,16-,17-,18+,20-/m1/s1. The normalized spacial score (nSPS) is 27.8. The molecule has 5 N–H and O–H groups in total. The molecule has 160 valence electrons. The van der Waals surface area contributed by atoms with E-state index < -0.39 is 43.3 Å². The SMILES string of the molecule is C/C=C(\C)C(=O)O[C@@H]1[C@@H](O)[C@H](O/C=C\Cc2ccc(O)c(O)c2)O[C@H](CO)[C@H]1O. The Balaban J connectivity index is 2.02. The van der Waals surface area contributed by atoms with Gasteiger partial charge in [0.25, 0.3) is 0 Å². The van der Waals surface area contributed by atoms with Gasteiger partial charge in [-0.25, -0.2) is 4.79 Å². The first-order valence-corrected chi connectivity index (χ1v) is 9.06. The van der Waals surface area contributed by atoms with Crippen molar-refractivity contribution in [2.24, 2.45) is 0 Å². The minimum Gasteiger partial charge on any atom is -0.504 e. The van der Waals surface area contributed by atoms with Gasteiger partial charge in [-0.15, -0.1) is 0 Å². The molecule has 0 spiro atoms. The fourth-order valence-corrected chi connectivity index (χ4v) is 2.65. The average Bonchev–Trinajstić information content (AvgIpc) is 2.71. The molecular weight excluding hydrogens is 384 g/mol. The molecule has 1 saturated heterocycles. The van der Waals surface area contributed by atoms with Crippen molar-refractivity contribution in [2.45, 2.75) is 51.0 Å². The summed E-state index contributed by atoms with van der Waals surface area (Å²) in [5.41, 5.74) is 0.994. The maximum atomic E-state index is 12.0. The van der Waals surface area contributed by atoms with E-state index in [4.69, 9.17) is 14.2 Å². The molecule has 0 aromatic heterocycles. The maximum Gasteiger partial charge on any atom is 0.333 e. The number of phenolic OH excluding ortho intramolecular Hbond substituents is 2. The number of aliphatic hydroxyl groups is 3. The fraction of sp³-hybridized carbons (Fsp3) is 0.450. The molecule has 1 aromatic rings. The summed E-state index contributed by atoms with van der Waals surface area (Å²) in [5, 5.41) is 48.8. The van der Waals surface area contributed by atoms with E-state index in [0.29, 0.717) is 17.6 Å². The molecular formula is C20H26O9. The number of aromatic hydroxyl groups is 2. The molecule has 0 bridgehead atoms. The molecule has 9 heteroatoms. The summed E-state index contributed by atoms with van der Waals surface area (Å²) in [6.07, 6.45) is -1.99. The lowest BCUT2D eigenvalue weighted by Gasteiger charge is -2.40. The molecule has 0 radical (unpaired) electrons. The predicted octanol–water partition coefficient (Wildman–Crippen LogP) is 0.488. The van der Waals surface area contributed by atoms with Gasteiger partial charge in [0.1, 0.15) is 12.2 Å². The van der Waals surface area contributed by atoms with Crippen LogP contribution in [0.2, 0.25) is 0 Å². The number of carbonyl (C=O) groups excluding carboxylic acids is 1. The number of esters is 1.